The minimum Gasteiger partial charge on any atom is -0.324 e. The molecule has 1 amide bonds. The Morgan fingerprint density at radius 2 is 2.20 bits per heavy atom. The molecule has 0 fully saturated rings. The van der Waals surface area contributed by atoms with E-state index in [-0.39, 0.29) is 22.0 Å². The van der Waals surface area contributed by atoms with Crippen LogP contribution in [0.5, 0.6) is 0 Å². The summed E-state index contributed by atoms with van der Waals surface area (Å²) in [4.78, 5) is 17.9. The van der Waals surface area contributed by atoms with E-state index in [1.807, 2.05) is 13.8 Å². The van der Waals surface area contributed by atoms with Crippen molar-refractivity contribution in [1.82, 2.24) is 15.0 Å². The molecule has 3 N–H and O–H groups in total. The van der Waals surface area contributed by atoms with Crippen molar-refractivity contribution in [2.45, 2.75) is 13.8 Å². The molecule has 1 aromatic rings. The van der Waals surface area contributed by atoms with Crippen LogP contribution >= 0.6 is 23.2 Å². The summed E-state index contributed by atoms with van der Waals surface area (Å²) in [5.74, 6) is 5.44. The Balaban J connectivity index is 2.76. The van der Waals surface area contributed by atoms with Gasteiger partial charge in [-0.15, -0.1) is 0 Å². The van der Waals surface area contributed by atoms with Gasteiger partial charge in [-0.25, -0.2) is 10.8 Å². The molecule has 0 unspecified atom stereocenters. The van der Waals surface area contributed by atoms with Crippen LogP contribution in [0.4, 0.5) is 0 Å². The van der Waals surface area contributed by atoms with E-state index in [0.29, 0.717) is 6.54 Å². The van der Waals surface area contributed by atoms with Crippen LogP contribution < -0.4 is 5.84 Å². The van der Waals surface area contributed by atoms with E-state index >= 15 is 0 Å². The van der Waals surface area contributed by atoms with E-state index < -0.39 is 5.91 Å². The highest BCUT2D eigenvalue weighted by molar-refractivity contribution is 6.40. The van der Waals surface area contributed by atoms with Gasteiger partial charge in [0, 0.05) is 6.54 Å². The average Bonchev–Trinajstić information content (AvgIpc) is 2.44. The molecule has 0 bridgehead atoms. The van der Waals surface area contributed by atoms with Crippen LogP contribution in [0.15, 0.2) is 0 Å². The molecule has 0 aliphatic heterocycles. The molecule has 0 atom stereocenters. The van der Waals surface area contributed by atoms with Gasteiger partial charge in [0.2, 0.25) is 5.82 Å². The summed E-state index contributed by atoms with van der Waals surface area (Å²) in [6.07, 6.45) is 0. The molecule has 1 aromatic heterocycles. The molecule has 0 saturated heterocycles. The van der Waals surface area contributed by atoms with Gasteiger partial charge in [-0.2, -0.15) is 0 Å². The van der Waals surface area contributed by atoms with E-state index in [0.717, 1.165) is 5.01 Å². The van der Waals surface area contributed by atoms with Gasteiger partial charge < -0.3 is 4.98 Å². The fourth-order valence-corrected chi connectivity index (χ4v) is 1.31. The zero-order valence-electron chi connectivity index (χ0n) is 8.42. The lowest BCUT2D eigenvalue weighted by atomic mass is 10.2. The predicted molar refractivity (Wildman–Crippen MR) is 58.7 cm³/mol. The van der Waals surface area contributed by atoms with Crippen molar-refractivity contribution >= 4 is 29.1 Å². The maximum absolute atomic E-state index is 11.6. The summed E-state index contributed by atoms with van der Waals surface area (Å²) in [5, 5.41) is 1.28. The first-order valence-electron chi connectivity index (χ1n) is 4.39. The summed E-state index contributed by atoms with van der Waals surface area (Å²) >= 11 is 11.2. The summed E-state index contributed by atoms with van der Waals surface area (Å²) in [7, 11) is 0. The van der Waals surface area contributed by atoms with Crippen LogP contribution in [0.3, 0.4) is 0 Å². The minimum atomic E-state index is -0.433. The monoisotopic (exact) mass is 250 g/mol. The first-order chi connectivity index (χ1) is 6.91. The second-order valence-electron chi connectivity index (χ2n) is 3.54. The zero-order valence-corrected chi connectivity index (χ0v) is 9.93. The van der Waals surface area contributed by atoms with Gasteiger partial charge in [0.15, 0.2) is 5.15 Å². The number of aromatic nitrogens is 2. The summed E-state index contributed by atoms with van der Waals surface area (Å²) < 4.78 is 0. The fourth-order valence-electron chi connectivity index (χ4n) is 1.04. The Hall–Kier alpha value is -0.780. The Morgan fingerprint density at radius 1 is 1.60 bits per heavy atom. The smallest absolute Gasteiger partial charge is 0.303 e. The zero-order chi connectivity index (χ0) is 11.6. The number of nitrogens with two attached hydrogens (primary N) is 1. The quantitative estimate of drug-likeness (QED) is 0.487. The van der Waals surface area contributed by atoms with Crippen LogP contribution in [-0.4, -0.2) is 27.4 Å². The number of nitrogens with zero attached hydrogens (tertiary/aromatic N) is 2. The van der Waals surface area contributed by atoms with Gasteiger partial charge in [-0.3, -0.25) is 9.80 Å². The SMILES string of the molecule is CC(C)CN(N)C(=O)c1nc(Cl)c(Cl)[nH]1. The molecule has 0 radical (unpaired) electrons. The molecule has 1 rings (SSSR count). The lowest BCUT2D eigenvalue weighted by Crippen LogP contribution is -2.40. The second-order valence-corrected chi connectivity index (χ2v) is 4.28. The number of hydrogen-bond donors (Lipinski definition) is 2. The summed E-state index contributed by atoms with van der Waals surface area (Å²) in [6, 6.07) is 0. The summed E-state index contributed by atoms with van der Waals surface area (Å²) in [5.41, 5.74) is 0. The third-order valence-electron chi connectivity index (χ3n) is 1.64. The number of aromatic amines is 1. The van der Waals surface area contributed by atoms with Crippen LogP contribution in [0, 0.1) is 5.92 Å². The van der Waals surface area contributed by atoms with E-state index in [9.17, 15) is 4.79 Å². The van der Waals surface area contributed by atoms with E-state index in [4.69, 9.17) is 29.0 Å². The molecule has 7 heteroatoms. The number of carbonyl (C=O) groups is 1. The van der Waals surface area contributed by atoms with E-state index in [2.05, 4.69) is 9.97 Å². The molecule has 5 nitrogen and oxygen atoms in total. The Labute approximate surface area is 97.5 Å². The van der Waals surface area contributed by atoms with Gasteiger partial charge in [-0.1, -0.05) is 37.0 Å². The number of amides is 1. The lowest BCUT2D eigenvalue weighted by molar-refractivity contribution is 0.0725. The number of nitrogens with one attached hydrogen (secondary N) is 1. The second kappa shape index (κ2) is 4.83. The standard InChI is InChI=1S/C8H12Cl2N4O/c1-4(2)3-14(11)8(15)7-12-5(9)6(10)13-7/h4H,3,11H2,1-2H3,(H,12,13). The largest absolute Gasteiger partial charge is 0.324 e. The Morgan fingerprint density at radius 3 is 2.60 bits per heavy atom. The maximum atomic E-state index is 11.6. The van der Waals surface area contributed by atoms with Crippen LogP contribution in [0.1, 0.15) is 24.5 Å². The van der Waals surface area contributed by atoms with Crippen molar-refractivity contribution in [1.29, 1.82) is 0 Å². The first-order valence-corrected chi connectivity index (χ1v) is 5.15. The number of halogens is 2. The highest BCUT2D eigenvalue weighted by Gasteiger charge is 2.18. The Kier molecular flexibility index (Phi) is 3.96. The van der Waals surface area contributed by atoms with E-state index in [1.165, 1.54) is 0 Å². The number of rotatable bonds is 3. The molecule has 15 heavy (non-hydrogen) atoms. The highest BCUT2D eigenvalue weighted by atomic mass is 35.5. The number of hydrogen-bond acceptors (Lipinski definition) is 3. The predicted octanol–water partition coefficient (Wildman–Crippen LogP) is 1.69. The van der Waals surface area contributed by atoms with Gasteiger partial charge in [0.1, 0.15) is 5.15 Å². The minimum absolute atomic E-state index is 0.0492. The molecular formula is C8H12Cl2N4O. The number of carbonyl (C=O) groups excluding carboxylic acids is 1. The molecule has 0 aromatic carbocycles. The van der Waals surface area contributed by atoms with Crippen molar-refractivity contribution in [3.05, 3.63) is 16.1 Å². The van der Waals surface area contributed by atoms with Gasteiger partial charge >= 0.3 is 5.91 Å². The highest BCUT2D eigenvalue weighted by Crippen LogP contribution is 2.18. The third-order valence-corrected chi connectivity index (χ3v) is 2.29. The fraction of sp³-hybridized carbons (Fsp3) is 0.500. The molecule has 1 heterocycles. The van der Waals surface area contributed by atoms with Gasteiger partial charge in [0.25, 0.3) is 0 Å². The molecule has 0 saturated carbocycles. The van der Waals surface area contributed by atoms with Crippen molar-refractivity contribution < 1.29 is 4.79 Å². The average molecular weight is 251 g/mol. The molecule has 0 spiro atoms. The third kappa shape index (κ3) is 3.09. The van der Waals surface area contributed by atoms with Crippen LogP contribution in [0.2, 0.25) is 10.3 Å². The normalized spacial score (nSPS) is 10.8. The number of hydrazine groups is 1. The number of H-pyrrole nitrogens is 1. The molecule has 0 aliphatic rings. The summed E-state index contributed by atoms with van der Waals surface area (Å²) in [6.45, 7) is 4.35. The van der Waals surface area contributed by atoms with Gasteiger partial charge in [0.05, 0.1) is 0 Å². The van der Waals surface area contributed by atoms with Crippen LogP contribution in [0.25, 0.3) is 0 Å². The topological polar surface area (TPSA) is 75.0 Å². The molecule has 0 aliphatic carbocycles. The molecule has 84 valence electrons. The lowest BCUT2D eigenvalue weighted by Gasteiger charge is -2.17. The first kappa shape index (κ1) is 12.3. The van der Waals surface area contributed by atoms with Crippen molar-refractivity contribution in [2.24, 2.45) is 11.8 Å². The van der Waals surface area contributed by atoms with E-state index in [1.54, 1.807) is 0 Å². The number of imidazole rings is 1. The Bertz CT molecular complexity index is 344. The van der Waals surface area contributed by atoms with Crippen molar-refractivity contribution in [2.75, 3.05) is 6.54 Å². The van der Waals surface area contributed by atoms with Crippen molar-refractivity contribution in [3.8, 4) is 0 Å². The molecular weight excluding hydrogens is 239 g/mol. The van der Waals surface area contributed by atoms with Crippen molar-refractivity contribution in [3.63, 3.8) is 0 Å². The maximum Gasteiger partial charge on any atom is 0.303 e. The van der Waals surface area contributed by atoms with Gasteiger partial charge in [-0.05, 0) is 5.92 Å². The van der Waals surface area contributed by atoms with Crippen LogP contribution in [-0.2, 0) is 0 Å².